The van der Waals surface area contributed by atoms with Gasteiger partial charge in [-0.05, 0) is 75.3 Å². The van der Waals surface area contributed by atoms with E-state index in [1.807, 2.05) is 13.0 Å². The van der Waals surface area contributed by atoms with Crippen molar-refractivity contribution < 1.29 is 19.1 Å². The number of carbonyl (C=O) groups excluding carboxylic acids is 2. The Bertz CT molecular complexity index is 679. The lowest BCUT2D eigenvalue weighted by atomic mass is 9.49. The van der Waals surface area contributed by atoms with Crippen LogP contribution in [-0.4, -0.2) is 25.0 Å². The van der Waals surface area contributed by atoms with Crippen molar-refractivity contribution in [2.75, 3.05) is 13.2 Å². The van der Waals surface area contributed by atoms with Gasteiger partial charge in [-0.3, -0.25) is 9.59 Å². The molecule has 0 heterocycles. The zero-order valence-electron chi connectivity index (χ0n) is 16.0. The highest BCUT2D eigenvalue weighted by atomic mass is 16.6. The molecule has 0 spiro atoms. The molecule has 1 aromatic carbocycles. The molecule has 4 aliphatic rings. The first-order valence-corrected chi connectivity index (χ1v) is 10.3. The summed E-state index contributed by atoms with van der Waals surface area (Å²) in [6.07, 6.45) is 7.23. The molecule has 0 saturated heterocycles. The Balaban J connectivity index is 1.27. The number of benzene rings is 1. The third-order valence-electron chi connectivity index (χ3n) is 6.51. The number of ether oxygens (including phenoxy) is 2. The molecule has 4 aliphatic carbocycles. The molecule has 5 nitrogen and oxygen atoms in total. The van der Waals surface area contributed by atoms with Crippen LogP contribution in [0, 0.1) is 23.2 Å². The van der Waals surface area contributed by atoms with Crippen LogP contribution in [0.5, 0.6) is 11.5 Å². The highest BCUT2D eigenvalue weighted by molar-refractivity contribution is 5.83. The van der Waals surface area contributed by atoms with Crippen LogP contribution in [0.15, 0.2) is 24.3 Å². The molecule has 0 aliphatic heterocycles. The lowest BCUT2D eigenvalue weighted by Gasteiger charge is -2.55. The number of nitrogens with one attached hydrogen (secondary N) is 1. The van der Waals surface area contributed by atoms with Crippen LogP contribution in [0.25, 0.3) is 0 Å². The standard InChI is InChI=1S/C22H29NO4/c1-2-26-18-5-3-4-6-19(18)27-20(24)7-8-23-21(25)22-12-15-9-16(13-22)11-17(10-15)14-22/h3-6,15-17H,2,7-14H2,1H3,(H,23,25). The molecular weight excluding hydrogens is 342 g/mol. The van der Waals surface area contributed by atoms with Crippen molar-refractivity contribution in [3.63, 3.8) is 0 Å². The van der Waals surface area contributed by atoms with Crippen molar-refractivity contribution in [1.29, 1.82) is 0 Å². The van der Waals surface area contributed by atoms with E-state index in [4.69, 9.17) is 9.47 Å². The topological polar surface area (TPSA) is 64.6 Å². The molecule has 1 N–H and O–H groups in total. The zero-order chi connectivity index (χ0) is 18.9. The summed E-state index contributed by atoms with van der Waals surface area (Å²) >= 11 is 0. The fourth-order valence-electron chi connectivity index (χ4n) is 5.84. The van der Waals surface area contributed by atoms with Gasteiger partial charge in [0.2, 0.25) is 5.91 Å². The summed E-state index contributed by atoms with van der Waals surface area (Å²) in [6, 6.07) is 7.14. The van der Waals surface area contributed by atoms with Crippen LogP contribution in [0.1, 0.15) is 51.9 Å². The summed E-state index contributed by atoms with van der Waals surface area (Å²) in [6.45, 7) is 2.73. The number of amides is 1. The molecule has 5 rings (SSSR count). The average Bonchev–Trinajstić information content (AvgIpc) is 2.62. The van der Waals surface area contributed by atoms with Crippen LogP contribution in [-0.2, 0) is 9.59 Å². The van der Waals surface area contributed by atoms with Gasteiger partial charge in [-0.2, -0.15) is 0 Å². The van der Waals surface area contributed by atoms with E-state index in [0.29, 0.717) is 24.7 Å². The van der Waals surface area contributed by atoms with Gasteiger partial charge in [-0.1, -0.05) is 12.1 Å². The van der Waals surface area contributed by atoms with Crippen LogP contribution in [0.4, 0.5) is 0 Å². The number of carbonyl (C=O) groups is 2. The van der Waals surface area contributed by atoms with Crippen LogP contribution < -0.4 is 14.8 Å². The largest absolute Gasteiger partial charge is 0.490 e. The number of hydrogen-bond acceptors (Lipinski definition) is 4. The number of para-hydroxylation sites is 2. The van der Waals surface area contributed by atoms with E-state index in [9.17, 15) is 9.59 Å². The summed E-state index contributed by atoms with van der Waals surface area (Å²) in [5.41, 5.74) is -0.166. The summed E-state index contributed by atoms with van der Waals surface area (Å²) in [7, 11) is 0. The third-order valence-corrected chi connectivity index (χ3v) is 6.51. The molecule has 0 radical (unpaired) electrons. The minimum atomic E-state index is -0.354. The molecule has 4 saturated carbocycles. The molecule has 0 unspecified atom stereocenters. The molecule has 5 heteroatoms. The zero-order valence-corrected chi connectivity index (χ0v) is 16.0. The van der Waals surface area contributed by atoms with E-state index >= 15 is 0 Å². The molecule has 1 aromatic rings. The van der Waals surface area contributed by atoms with E-state index in [1.54, 1.807) is 18.2 Å². The van der Waals surface area contributed by atoms with Crippen molar-refractivity contribution in [1.82, 2.24) is 5.32 Å². The van der Waals surface area contributed by atoms with Gasteiger partial charge in [0, 0.05) is 12.0 Å². The minimum absolute atomic E-state index is 0.157. The molecule has 27 heavy (non-hydrogen) atoms. The van der Waals surface area contributed by atoms with Gasteiger partial charge in [-0.15, -0.1) is 0 Å². The predicted octanol–water partition coefficient (Wildman–Crippen LogP) is 3.71. The van der Waals surface area contributed by atoms with Crippen molar-refractivity contribution in [3.05, 3.63) is 24.3 Å². The Morgan fingerprint density at radius 3 is 2.22 bits per heavy atom. The van der Waals surface area contributed by atoms with Crippen LogP contribution >= 0.6 is 0 Å². The molecular formula is C22H29NO4. The normalized spacial score (nSPS) is 30.8. The Labute approximate surface area is 160 Å². The van der Waals surface area contributed by atoms with Crippen molar-refractivity contribution in [3.8, 4) is 11.5 Å². The molecule has 0 atom stereocenters. The Kier molecular flexibility index (Phi) is 5.11. The van der Waals surface area contributed by atoms with E-state index in [1.165, 1.54) is 19.3 Å². The number of esters is 1. The Morgan fingerprint density at radius 2 is 1.63 bits per heavy atom. The maximum absolute atomic E-state index is 12.9. The highest BCUT2D eigenvalue weighted by Gasteiger charge is 2.54. The fourth-order valence-corrected chi connectivity index (χ4v) is 5.84. The predicted molar refractivity (Wildman–Crippen MR) is 101 cm³/mol. The van der Waals surface area contributed by atoms with Crippen molar-refractivity contribution in [2.45, 2.75) is 51.9 Å². The average molecular weight is 371 g/mol. The molecule has 0 aromatic heterocycles. The third kappa shape index (κ3) is 3.83. The van der Waals surface area contributed by atoms with Crippen molar-refractivity contribution >= 4 is 11.9 Å². The first kappa shape index (κ1) is 18.3. The van der Waals surface area contributed by atoms with Gasteiger partial charge in [0.05, 0.1) is 13.0 Å². The van der Waals surface area contributed by atoms with Crippen molar-refractivity contribution in [2.24, 2.45) is 23.2 Å². The van der Waals surface area contributed by atoms with E-state index in [2.05, 4.69) is 5.32 Å². The summed E-state index contributed by atoms with van der Waals surface area (Å²) in [5, 5.41) is 3.03. The minimum Gasteiger partial charge on any atom is -0.490 e. The SMILES string of the molecule is CCOc1ccccc1OC(=O)CCNC(=O)C12CC3CC(CC(C3)C1)C2. The van der Waals surface area contributed by atoms with Gasteiger partial charge in [-0.25, -0.2) is 0 Å². The van der Waals surface area contributed by atoms with E-state index in [-0.39, 0.29) is 23.7 Å². The van der Waals surface area contributed by atoms with E-state index in [0.717, 1.165) is 37.0 Å². The first-order valence-electron chi connectivity index (χ1n) is 10.3. The molecule has 1 amide bonds. The summed E-state index contributed by atoms with van der Waals surface area (Å²) in [5.74, 6) is 3.01. The summed E-state index contributed by atoms with van der Waals surface area (Å²) < 4.78 is 10.9. The Hall–Kier alpha value is -2.04. The van der Waals surface area contributed by atoms with Gasteiger partial charge in [0.25, 0.3) is 0 Å². The molecule has 146 valence electrons. The summed E-state index contributed by atoms with van der Waals surface area (Å²) in [4.78, 5) is 25.1. The maximum Gasteiger partial charge on any atom is 0.313 e. The molecule has 4 fully saturated rings. The highest BCUT2D eigenvalue weighted by Crippen LogP contribution is 2.60. The van der Waals surface area contributed by atoms with Gasteiger partial charge >= 0.3 is 5.97 Å². The second kappa shape index (κ2) is 7.53. The van der Waals surface area contributed by atoms with Crippen LogP contribution in [0.2, 0.25) is 0 Å². The maximum atomic E-state index is 12.9. The van der Waals surface area contributed by atoms with Crippen LogP contribution in [0.3, 0.4) is 0 Å². The number of rotatable bonds is 7. The van der Waals surface area contributed by atoms with Gasteiger partial charge < -0.3 is 14.8 Å². The van der Waals surface area contributed by atoms with Gasteiger partial charge in [0.15, 0.2) is 11.5 Å². The fraction of sp³-hybridized carbons (Fsp3) is 0.636. The Morgan fingerprint density at radius 1 is 1.04 bits per heavy atom. The second-order valence-corrected chi connectivity index (χ2v) is 8.56. The lowest BCUT2D eigenvalue weighted by Crippen LogP contribution is -2.53. The number of hydrogen-bond donors (Lipinski definition) is 1. The smallest absolute Gasteiger partial charge is 0.313 e. The first-order chi connectivity index (χ1) is 13.1. The quantitative estimate of drug-likeness (QED) is 0.586. The lowest BCUT2D eigenvalue weighted by molar-refractivity contribution is -0.146. The van der Waals surface area contributed by atoms with E-state index < -0.39 is 0 Å². The second-order valence-electron chi connectivity index (χ2n) is 8.56. The molecule has 4 bridgehead atoms. The monoisotopic (exact) mass is 371 g/mol. The van der Waals surface area contributed by atoms with Gasteiger partial charge in [0.1, 0.15) is 0 Å².